The van der Waals surface area contributed by atoms with Crippen LogP contribution < -0.4 is 0 Å². The SMILES string of the molecule is O=C[C@H]1CC=CCC1. The number of carbonyl (C=O) groups excluding carboxylic acids is 1. The Balaban J connectivity index is 2.37. The van der Waals surface area contributed by atoms with Crippen molar-refractivity contribution in [2.24, 2.45) is 5.92 Å². The predicted molar refractivity (Wildman–Crippen MR) is 32.5 cm³/mol. The first-order valence-electron chi connectivity index (χ1n) is 3.04. The summed E-state index contributed by atoms with van der Waals surface area (Å²) in [6.07, 6.45) is 8.39. The van der Waals surface area contributed by atoms with Gasteiger partial charge in [0.05, 0.1) is 0 Å². The molecule has 1 heteroatoms. The summed E-state index contributed by atoms with van der Waals surface area (Å²) in [5.74, 6) is 0.319. The Kier molecular flexibility index (Phi) is 1.84. The zero-order valence-corrected chi connectivity index (χ0v) is 4.84. The first-order valence-corrected chi connectivity index (χ1v) is 3.04. The van der Waals surface area contributed by atoms with Crippen LogP contribution >= 0.6 is 0 Å². The third-order valence-corrected chi connectivity index (χ3v) is 1.50. The third-order valence-electron chi connectivity index (χ3n) is 1.50. The molecule has 0 unspecified atom stereocenters. The molecule has 8 heavy (non-hydrogen) atoms. The number of hydrogen-bond donors (Lipinski definition) is 0. The number of hydrogen-bond acceptors (Lipinski definition) is 1. The molecule has 1 aliphatic carbocycles. The van der Waals surface area contributed by atoms with Gasteiger partial charge in [0.15, 0.2) is 0 Å². The Bertz CT molecular complexity index is 105. The van der Waals surface area contributed by atoms with Crippen LogP contribution in [0.25, 0.3) is 0 Å². The number of aldehydes is 1. The molecule has 0 aliphatic heterocycles. The van der Waals surface area contributed by atoms with E-state index in [1.807, 2.05) is 0 Å². The lowest BCUT2D eigenvalue weighted by Gasteiger charge is -2.08. The lowest BCUT2D eigenvalue weighted by atomic mass is 9.96. The molecule has 0 N–H and O–H groups in total. The van der Waals surface area contributed by atoms with E-state index in [2.05, 4.69) is 12.2 Å². The summed E-state index contributed by atoms with van der Waals surface area (Å²) in [5, 5.41) is 0. The van der Waals surface area contributed by atoms with Gasteiger partial charge in [-0.1, -0.05) is 12.2 Å². The van der Waals surface area contributed by atoms with Gasteiger partial charge in [-0.15, -0.1) is 0 Å². The van der Waals surface area contributed by atoms with Crippen LogP contribution in [0.2, 0.25) is 0 Å². The van der Waals surface area contributed by atoms with Gasteiger partial charge in [-0.25, -0.2) is 0 Å². The number of rotatable bonds is 1. The molecule has 1 rings (SSSR count). The second-order valence-electron chi connectivity index (χ2n) is 2.18. The first kappa shape index (κ1) is 5.54. The van der Waals surface area contributed by atoms with E-state index in [0.717, 1.165) is 25.5 Å². The summed E-state index contributed by atoms with van der Waals surface area (Å²) in [6, 6.07) is 0. The normalized spacial score (nSPS) is 27.8. The molecule has 0 amide bonds. The van der Waals surface area contributed by atoms with Crippen LogP contribution in [0.4, 0.5) is 0 Å². The fourth-order valence-electron chi connectivity index (χ4n) is 0.941. The fourth-order valence-corrected chi connectivity index (χ4v) is 0.941. The van der Waals surface area contributed by atoms with Crippen molar-refractivity contribution in [1.82, 2.24) is 0 Å². The van der Waals surface area contributed by atoms with Gasteiger partial charge in [0, 0.05) is 5.92 Å². The molecule has 1 aliphatic rings. The maximum Gasteiger partial charge on any atom is 0.123 e. The van der Waals surface area contributed by atoms with Gasteiger partial charge in [-0.3, -0.25) is 0 Å². The second-order valence-corrected chi connectivity index (χ2v) is 2.18. The van der Waals surface area contributed by atoms with Crippen molar-refractivity contribution in [3.8, 4) is 0 Å². The van der Waals surface area contributed by atoms with E-state index in [9.17, 15) is 4.79 Å². The lowest BCUT2D eigenvalue weighted by Crippen LogP contribution is -2.02. The summed E-state index contributed by atoms with van der Waals surface area (Å²) in [6.45, 7) is 0. The molecular weight excluding hydrogens is 100 g/mol. The molecule has 0 saturated carbocycles. The summed E-state index contributed by atoms with van der Waals surface area (Å²) >= 11 is 0. The average molecular weight is 110 g/mol. The summed E-state index contributed by atoms with van der Waals surface area (Å²) in [7, 11) is 0. The van der Waals surface area contributed by atoms with Crippen molar-refractivity contribution in [2.45, 2.75) is 19.3 Å². The van der Waals surface area contributed by atoms with Crippen LogP contribution in [0.1, 0.15) is 19.3 Å². The van der Waals surface area contributed by atoms with Crippen molar-refractivity contribution < 1.29 is 4.79 Å². The maximum atomic E-state index is 10.1. The van der Waals surface area contributed by atoms with Crippen LogP contribution in [0.5, 0.6) is 0 Å². The van der Waals surface area contributed by atoms with Crippen molar-refractivity contribution in [3.63, 3.8) is 0 Å². The van der Waals surface area contributed by atoms with Gasteiger partial charge in [0.2, 0.25) is 0 Å². The van der Waals surface area contributed by atoms with E-state index >= 15 is 0 Å². The van der Waals surface area contributed by atoms with Crippen molar-refractivity contribution >= 4 is 6.29 Å². The van der Waals surface area contributed by atoms with Crippen molar-refractivity contribution in [3.05, 3.63) is 12.2 Å². The molecular formula is C7H10O. The summed E-state index contributed by atoms with van der Waals surface area (Å²) in [5.41, 5.74) is 0. The number of allylic oxidation sites excluding steroid dienone is 2. The molecule has 44 valence electrons. The predicted octanol–water partition coefficient (Wildman–Crippen LogP) is 1.54. The van der Waals surface area contributed by atoms with Gasteiger partial charge >= 0.3 is 0 Å². The smallest absolute Gasteiger partial charge is 0.123 e. The average Bonchev–Trinajstić information content (AvgIpc) is 1.90. The quantitative estimate of drug-likeness (QED) is 0.369. The van der Waals surface area contributed by atoms with Gasteiger partial charge < -0.3 is 4.79 Å². The Hall–Kier alpha value is -0.590. The first-order chi connectivity index (χ1) is 3.93. The minimum Gasteiger partial charge on any atom is -0.303 e. The highest BCUT2D eigenvalue weighted by atomic mass is 16.1. The third kappa shape index (κ3) is 1.19. The Labute approximate surface area is 49.4 Å². The topological polar surface area (TPSA) is 17.1 Å². The van der Waals surface area contributed by atoms with Crippen molar-refractivity contribution in [1.29, 1.82) is 0 Å². The number of carbonyl (C=O) groups is 1. The highest BCUT2D eigenvalue weighted by molar-refractivity contribution is 5.54. The van der Waals surface area contributed by atoms with Crippen LogP contribution in [-0.2, 0) is 4.79 Å². The van der Waals surface area contributed by atoms with Gasteiger partial charge in [-0.2, -0.15) is 0 Å². The molecule has 1 nitrogen and oxygen atoms in total. The molecule has 0 fully saturated rings. The standard InChI is InChI=1S/C7H10O/c8-6-7-4-2-1-3-5-7/h1-2,6-7H,3-5H2/t7-/m0/s1. The highest BCUT2D eigenvalue weighted by Crippen LogP contribution is 2.14. The zero-order chi connectivity index (χ0) is 5.82. The fraction of sp³-hybridized carbons (Fsp3) is 0.571. The highest BCUT2D eigenvalue weighted by Gasteiger charge is 2.05. The van der Waals surface area contributed by atoms with E-state index in [1.165, 1.54) is 0 Å². The zero-order valence-electron chi connectivity index (χ0n) is 4.84. The van der Waals surface area contributed by atoms with Crippen LogP contribution in [-0.4, -0.2) is 6.29 Å². The lowest BCUT2D eigenvalue weighted by molar-refractivity contribution is -0.111. The van der Waals surface area contributed by atoms with E-state index < -0.39 is 0 Å². The molecule has 0 heterocycles. The largest absolute Gasteiger partial charge is 0.303 e. The monoisotopic (exact) mass is 110 g/mol. The molecule has 0 aromatic heterocycles. The van der Waals surface area contributed by atoms with Crippen LogP contribution in [0.3, 0.4) is 0 Å². The summed E-state index contributed by atoms with van der Waals surface area (Å²) in [4.78, 5) is 10.1. The molecule has 0 saturated heterocycles. The molecule has 1 atom stereocenters. The van der Waals surface area contributed by atoms with Gasteiger partial charge in [0.1, 0.15) is 6.29 Å². The molecule has 0 aromatic carbocycles. The van der Waals surface area contributed by atoms with E-state index in [0.29, 0.717) is 5.92 Å². The van der Waals surface area contributed by atoms with Crippen molar-refractivity contribution in [2.75, 3.05) is 0 Å². The van der Waals surface area contributed by atoms with Gasteiger partial charge in [-0.05, 0) is 19.3 Å². The van der Waals surface area contributed by atoms with Gasteiger partial charge in [0.25, 0.3) is 0 Å². The summed E-state index contributed by atoms with van der Waals surface area (Å²) < 4.78 is 0. The van der Waals surface area contributed by atoms with Crippen LogP contribution in [0, 0.1) is 5.92 Å². The Morgan fingerprint density at radius 3 is 2.75 bits per heavy atom. The van der Waals surface area contributed by atoms with E-state index in [1.54, 1.807) is 0 Å². The second kappa shape index (κ2) is 2.65. The van der Waals surface area contributed by atoms with E-state index in [4.69, 9.17) is 0 Å². The molecule has 0 aromatic rings. The van der Waals surface area contributed by atoms with E-state index in [-0.39, 0.29) is 0 Å². The molecule has 0 radical (unpaired) electrons. The molecule has 0 bridgehead atoms. The Morgan fingerprint density at radius 1 is 1.50 bits per heavy atom. The Morgan fingerprint density at radius 2 is 2.38 bits per heavy atom. The van der Waals surface area contributed by atoms with Crippen LogP contribution in [0.15, 0.2) is 12.2 Å². The molecule has 0 spiro atoms. The maximum absolute atomic E-state index is 10.1. The minimum atomic E-state index is 0.319. The minimum absolute atomic E-state index is 0.319.